The number of carbonyl (C=O) groups excluding carboxylic acids is 1. The monoisotopic (exact) mass is 211 g/mol. The molecule has 4 heteroatoms. The lowest BCUT2D eigenvalue weighted by Gasteiger charge is -2.31. The number of hydrogen-bond donors (Lipinski definition) is 1. The Hall–Kier alpha value is -0.610. The summed E-state index contributed by atoms with van der Waals surface area (Å²) in [5.74, 6) is 0.557. The smallest absolute Gasteiger partial charge is 0.228 e. The third-order valence-corrected chi connectivity index (χ3v) is 3.46. The van der Waals surface area contributed by atoms with E-state index in [4.69, 9.17) is 0 Å². The summed E-state index contributed by atoms with van der Waals surface area (Å²) in [6.45, 7) is 6.09. The quantitative estimate of drug-likeness (QED) is 0.697. The number of rotatable bonds is 4. The van der Waals surface area contributed by atoms with Gasteiger partial charge >= 0.3 is 0 Å². The molecule has 0 aromatic heterocycles. The van der Waals surface area contributed by atoms with Gasteiger partial charge in [0.2, 0.25) is 5.91 Å². The van der Waals surface area contributed by atoms with E-state index in [0.29, 0.717) is 5.91 Å². The van der Waals surface area contributed by atoms with Crippen molar-refractivity contribution in [1.82, 2.24) is 15.1 Å². The molecule has 0 unspecified atom stereocenters. The summed E-state index contributed by atoms with van der Waals surface area (Å²) >= 11 is 0. The van der Waals surface area contributed by atoms with Gasteiger partial charge in [0.25, 0.3) is 0 Å². The van der Waals surface area contributed by atoms with Crippen LogP contribution in [-0.4, -0.2) is 62.0 Å². The van der Waals surface area contributed by atoms with Gasteiger partial charge in [-0.15, -0.1) is 0 Å². The predicted octanol–water partition coefficient (Wildman–Crippen LogP) is -0.240. The lowest BCUT2D eigenvalue weighted by Crippen LogP contribution is -2.52. The van der Waals surface area contributed by atoms with Crippen LogP contribution in [-0.2, 0) is 4.79 Å². The second-order valence-corrected chi connectivity index (χ2v) is 4.66. The fraction of sp³-hybridized carbons (Fsp3) is 0.909. The summed E-state index contributed by atoms with van der Waals surface area (Å²) in [4.78, 5) is 16.1. The molecule has 1 N–H and O–H groups in total. The molecule has 2 fully saturated rings. The molecule has 0 atom stereocenters. The highest BCUT2D eigenvalue weighted by Gasteiger charge is 2.27. The van der Waals surface area contributed by atoms with Gasteiger partial charge in [0.1, 0.15) is 0 Å². The Bertz CT molecular complexity index is 222. The number of likely N-dealkylation sites (N-methyl/N-ethyl adjacent to an activating group) is 1. The van der Waals surface area contributed by atoms with E-state index >= 15 is 0 Å². The third kappa shape index (κ3) is 2.69. The predicted molar refractivity (Wildman–Crippen MR) is 59.7 cm³/mol. The maximum absolute atomic E-state index is 11.8. The first-order chi connectivity index (χ1) is 7.27. The van der Waals surface area contributed by atoms with Crippen molar-refractivity contribution in [2.24, 2.45) is 5.92 Å². The van der Waals surface area contributed by atoms with Gasteiger partial charge in [-0.3, -0.25) is 4.79 Å². The first-order valence-electron chi connectivity index (χ1n) is 5.95. The van der Waals surface area contributed by atoms with Gasteiger partial charge in [-0.1, -0.05) is 0 Å². The maximum atomic E-state index is 11.8. The molecule has 86 valence electrons. The van der Waals surface area contributed by atoms with Crippen LogP contribution in [0.4, 0.5) is 0 Å². The Morgan fingerprint density at radius 2 is 2.07 bits per heavy atom. The molecule has 2 aliphatic heterocycles. The molecule has 0 bridgehead atoms. The maximum Gasteiger partial charge on any atom is 0.228 e. The second kappa shape index (κ2) is 4.94. The normalized spacial score (nSPS) is 22.7. The van der Waals surface area contributed by atoms with E-state index < -0.39 is 0 Å². The van der Waals surface area contributed by atoms with Crippen molar-refractivity contribution < 1.29 is 4.79 Å². The molecule has 2 rings (SSSR count). The van der Waals surface area contributed by atoms with Crippen molar-refractivity contribution in [2.45, 2.75) is 12.8 Å². The number of nitrogens with zero attached hydrogens (tertiary/aromatic N) is 2. The van der Waals surface area contributed by atoms with Crippen LogP contribution in [0.2, 0.25) is 0 Å². The topological polar surface area (TPSA) is 35.6 Å². The molecule has 4 nitrogen and oxygen atoms in total. The van der Waals surface area contributed by atoms with E-state index in [1.165, 1.54) is 25.9 Å². The van der Waals surface area contributed by atoms with Crippen molar-refractivity contribution in [1.29, 1.82) is 0 Å². The van der Waals surface area contributed by atoms with E-state index in [1.54, 1.807) is 0 Å². The highest BCUT2D eigenvalue weighted by Crippen LogP contribution is 2.09. The number of hydrogen-bond acceptors (Lipinski definition) is 3. The van der Waals surface area contributed by atoms with E-state index in [0.717, 1.165) is 26.2 Å². The van der Waals surface area contributed by atoms with Crippen molar-refractivity contribution in [3.63, 3.8) is 0 Å². The van der Waals surface area contributed by atoms with Gasteiger partial charge in [-0.05, 0) is 25.9 Å². The summed E-state index contributed by atoms with van der Waals surface area (Å²) in [7, 11) is 1.93. The number of nitrogens with one attached hydrogen (secondary N) is 1. The molecule has 2 saturated heterocycles. The first kappa shape index (κ1) is 10.9. The summed E-state index contributed by atoms with van der Waals surface area (Å²) in [6, 6.07) is 0. The Morgan fingerprint density at radius 3 is 2.60 bits per heavy atom. The molecule has 2 heterocycles. The fourth-order valence-electron chi connectivity index (χ4n) is 2.18. The van der Waals surface area contributed by atoms with Crippen LogP contribution in [0.25, 0.3) is 0 Å². The molecular weight excluding hydrogens is 190 g/mol. The molecule has 0 saturated carbocycles. The van der Waals surface area contributed by atoms with Crippen LogP contribution in [0.3, 0.4) is 0 Å². The zero-order valence-corrected chi connectivity index (χ0v) is 9.54. The summed E-state index contributed by atoms with van der Waals surface area (Å²) in [5, 5.41) is 3.14. The van der Waals surface area contributed by atoms with E-state index in [-0.39, 0.29) is 5.92 Å². The molecule has 0 radical (unpaired) electrons. The average molecular weight is 211 g/mol. The largest absolute Gasteiger partial charge is 0.344 e. The molecule has 0 aliphatic carbocycles. The Labute approximate surface area is 91.6 Å². The first-order valence-corrected chi connectivity index (χ1v) is 5.95. The van der Waals surface area contributed by atoms with Crippen molar-refractivity contribution in [3.05, 3.63) is 0 Å². The SMILES string of the molecule is CN(CCN1CCCC1)C(=O)C1CNC1. The van der Waals surface area contributed by atoms with E-state index in [2.05, 4.69) is 10.2 Å². The van der Waals surface area contributed by atoms with Gasteiger partial charge in [-0.25, -0.2) is 0 Å². The summed E-state index contributed by atoms with van der Waals surface area (Å²) in [6.07, 6.45) is 2.65. The number of amides is 1. The van der Waals surface area contributed by atoms with Crippen LogP contribution < -0.4 is 5.32 Å². The van der Waals surface area contributed by atoms with E-state index in [9.17, 15) is 4.79 Å². The zero-order chi connectivity index (χ0) is 10.7. The van der Waals surface area contributed by atoms with Crippen LogP contribution in [0.5, 0.6) is 0 Å². The Balaban J connectivity index is 1.66. The molecule has 2 aliphatic rings. The minimum absolute atomic E-state index is 0.244. The van der Waals surface area contributed by atoms with Gasteiger partial charge in [0, 0.05) is 33.2 Å². The fourth-order valence-corrected chi connectivity index (χ4v) is 2.18. The van der Waals surface area contributed by atoms with Crippen LogP contribution in [0.15, 0.2) is 0 Å². The van der Waals surface area contributed by atoms with Gasteiger partial charge in [-0.2, -0.15) is 0 Å². The lowest BCUT2D eigenvalue weighted by molar-refractivity contribution is -0.135. The summed E-state index contributed by atoms with van der Waals surface area (Å²) in [5.41, 5.74) is 0. The Morgan fingerprint density at radius 1 is 1.40 bits per heavy atom. The van der Waals surface area contributed by atoms with Crippen molar-refractivity contribution >= 4 is 5.91 Å². The van der Waals surface area contributed by atoms with Gasteiger partial charge < -0.3 is 15.1 Å². The van der Waals surface area contributed by atoms with Crippen LogP contribution in [0.1, 0.15) is 12.8 Å². The highest BCUT2D eigenvalue weighted by atomic mass is 16.2. The Kier molecular flexibility index (Phi) is 3.59. The molecule has 0 aromatic rings. The van der Waals surface area contributed by atoms with E-state index in [1.807, 2.05) is 11.9 Å². The highest BCUT2D eigenvalue weighted by molar-refractivity contribution is 5.79. The van der Waals surface area contributed by atoms with Gasteiger partial charge in [0.15, 0.2) is 0 Å². The minimum Gasteiger partial charge on any atom is -0.344 e. The lowest BCUT2D eigenvalue weighted by atomic mass is 10.0. The minimum atomic E-state index is 0.244. The second-order valence-electron chi connectivity index (χ2n) is 4.66. The van der Waals surface area contributed by atoms with Crippen molar-refractivity contribution in [3.8, 4) is 0 Å². The molecule has 1 amide bonds. The molecule has 15 heavy (non-hydrogen) atoms. The standard InChI is InChI=1S/C11H21N3O/c1-13(11(15)10-8-12-9-10)6-7-14-4-2-3-5-14/h10,12H,2-9H2,1H3. The van der Waals surface area contributed by atoms with Crippen molar-refractivity contribution in [2.75, 3.05) is 46.3 Å². The summed E-state index contributed by atoms with van der Waals surface area (Å²) < 4.78 is 0. The molecule has 0 aromatic carbocycles. The molecule has 0 spiro atoms. The number of likely N-dealkylation sites (tertiary alicyclic amines) is 1. The number of carbonyl (C=O) groups is 1. The molecular formula is C11H21N3O. The third-order valence-electron chi connectivity index (χ3n) is 3.46. The van der Waals surface area contributed by atoms with Crippen LogP contribution in [0, 0.1) is 5.92 Å². The van der Waals surface area contributed by atoms with Gasteiger partial charge in [0.05, 0.1) is 5.92 Å². The van der Waals surface area contributed by atoms with Crippen LogP contribution >= 0.6 is 0 Å². The zero-order valence-electron chi connectivity index (χ0n) is 9.54. The average Bonchev–Trinajstić information content (AvgIpc) is 2.63.